The molecule has 14 heteroatoms. The van der Waals surface area contributed by atoms with Crippen molar-refractivity contribution in [2.45, 2.75) is 75.9 Å². The molecule has 1 saturated carbocycles. The van der Waals surface area contributed by atoms with Gasteiger partial charge in [0, 0.05) is 6.04 Å². The molecule has 3 fully saturated rings. The van der Waals surface area contributed by atoms with Crippen LogP contribution >= 0.6 is 19.2 Å². The fourth-order valence-electron chi connectivity index (χ4n) is 4.74. The van der Waals surface area contributed by atoms with Crippen molar-refractivity contribution in [1.82, 2.24) is 19.7 Å². The van der Waals surface area contributed by atoms with Gasteiger partial charge in [-0.2, -0.15) is 15.1 Å². The number of hydrogen-bond donors (Lipinski definition) is 3. The van der Waals surface area contributed by atoms with Crippen LogP contribution in [0.4, 0.5) is 5.82 Å². The summed E-state index contributed by atoms with van der Waals surface area (Å²) in [6, 6.07) is 0.331. The summed E-state index contributed by atoms with van der Waals surface area (Å²) in [4.78, 5) is 26.9. The first-order chi connectivity index (χ1) is 15.6. The topological polar surface area (TPSA) is 150 Å². The Morgan fingerprint density at radius 1 is 1.27 bits per heavy atom. The highest BCUT2D eigenvalue weighted by Gasteiger charge is 2.56. The van der Waals surface area contributed by atoms with E-state index in [9.17, 15) is 4.57 Å². The van der Waals surface area contributed by atoms with Crippen LogP contribution in [0.15, 0.2) is 6.20 Å². The molecule has 3 N–H and O–H groups in total. The average molecular weight is 504 g/mol. The van der Waals surface area contributed by atoms with E-state index in [-0.39, 0.29) is 11.9 Å². The second kappa shape index (κ2) is 8.69. The van der Waals surface area contributed by atoms with Crippen LogP contribution in [0, 0.1) is 0 Å². The molecular formula is C19H27ClN5O7P. The molecule has 12 nitrogen and oxygen atoms in total. The molecule has 4 heterocycles. The van der Waals surface area contributed by atoms with Gasteiger partial charge in [0.15, 0.2) is 17.7 Å². The Labute approximate surface area is 195 Å². The minimum atomic E-state index is -4.30. The maximum absolute atomic E-state index is 11.1. The van der Waals surface area contributed by atoms with Crippen molar-refractivity contribution in [2.24, 2.45) is 0 Å². The molecule has 0 spiro atoms. The second-order valence-corrected chi connectivity index (χ2v) is 11.0. The van der Waals surface area contributed by atoms with Gasteiger partial charge in [0.1, 0.15) is 30.5 Å². The number of aromatic nitrogens is 4. The minimum absolute atomic E-state index is 0.0777. The highest BCUT2D eigenvalue weighted by atomic mass is 35.5. The SMILES string of the molecule is CC1(C)O[C@@H]2[C@H](O1)[C@@H](COCP(=O)(O)O)O[C@H]2n1ncc2c(NC3CCCC3)nc(Cl)nc21. The lowest BCUT2D eigenvalue weighted by Crippen LogP contribution is -2.33. The lowest BCUT2D eigenvalue weighted by molar-refractivity contribution is -0.202. The second-order valence-electron chi connectivity index (χ2n) is 9.09. The first-order valence-corrected chi connectivity index (χ1v) is 13.1. The number of nitrogens with one attached hydrogen (secondary N) is 1. The van der Waals surface area contributed by atoms with Crippen LogP contribution in [0.2, 0.25) is 5.28 Å². The van der Waals surface area contributed by atoms with Gasteiger partial charge in [-0.25, -0.2) is 4.68 Å². The number of rotatable bonds is 7. The Kier molecular flexibility index (Phi) is 6.16. The molecule has 33 heavy (non-hydrogen) atoms. The van der Waals surface area contributed by atoms with E-state index in [0.717, 1.165) is 12.8 Å². The van der Waals surface area contributed by atoms with E-state index in [2.05, 4.69) is 20.4 Å². The normalized spacial score (nSPS) is 29.7. The summed E-state index contributed by atoms with van der Waals surface area (Å²) in [6.07, 6.45) is 3.08. The van der Waals surface area contributed by atoms with Gasteiger partial charge < -0.3 is 34.1 Å². The zero-order valence-corrected chi connectivity index (χ0v) is 19.9. The van der Waals surface area contributed by atoms with Crippen molar-refractivity contribution < 1.29 is 33.3 Å². The average Bonchev–Trinajstić information content (AvgIpc) is 3.46. The molecule has 0 aromatic carbocycles. The predicted octanol–water partition coefficient (Wildman–Crippen LogP) is 2.40. The molecule has 0 unspecified atom stereocenters. The monoisotopic (exact) mass is 503 g/mol. The van der Waals surface area contributed by atoms with Gasteiger partial charge in [0.2, 0.25) is 5.28 Å². The Morgan fingerprint density at radius 3 is 2.73 bits per heavy atom. The summed E-state index contributed by atoms with van der Waals surface area (Å²) in [5.74, 6) is -0.243. The lowest BCUT2D eigenvalue weighted by atomic mass is 10.1. The number of nitrogens with zero attached hydrogens (tertiary/aromatic N) is 4. The fourth-order valence-corrected chi connectivity index (χ4v) is 5.24. The molecule has 2 saturated heterocycles. The largest absolute Gasteiger partial charge is 0.367 e. The molecular weight excluding hydrogens is 477 g/mol. The quantitative estimate of drug-likeness (QED) is 0.377. The summed E-state index contributed by atoms with van der Waals surface area (Å²) < 4.78 is 36.2. The molecule has 1 aliphatic carbocycles. The van der Waals surface area contributed by atoms with E-state index in [1.807, 2.05) is 0 Å². The van der Waals surface area contributed by atoms with Crippen LogP contribution in [0.3, 0.4) is 0 Å². The van der Waals surface area contributed by atoms with Crippen molar-refractivity contribution in [3.63, 3.8) is 0 Å². The van der Waals surface area contributed by atoms with Crippen LogP contribution in [0.25, 0.3) is 11.0 Å². The Bertz CT molecular complexity index is 1070. The molecule has 2 aromatic rings. The molecule has 2 aliphatic heterocycles. The molecule has 0 amide bonds. The maximum Gasteiger partial charge on any atom is 0.350 e. The molecule has 5 rings (SSSR count). The van der Waals surface area contributed by atoms with Crippen LogP contribution in [0.5, 0.6) is 0 Å². The van der Waals surface area contributed by atoms with Crippen LogP contribution in [-0.4, -0.2) is 72.6 Å². The van der Waals surface area contributed by atoms with E-state index in [4.69, 9.17) is 40.3 Å². The zero-order chi connectivity index (χ0) is 23.4. The van der Waals surface area contributed by atoms with E-state index in [0.29, 0.717) is 22.9 Å². The number of anilines is 1. The molecule has 0 bridgehead atoms. The number of ether oxygens (including phenoxy) is 4. The van der Waals surface area contributed by atoms with Gasteiger partial charge in [0.25, 0.3) is 0 Å². The van der Waals surface area contributed by atoms with Gasteiger partial charge in [-0.15, -0.1) is 0 Å². The van der Waals surface area contributed by atoms with E-state index >= 15 is 0 Å². The van der Waals surface area contributed by atoms with E-state index in [1.54, 1.807) is 24.7 Å². The Balaban J connectivity index is 1.43. The van der Waals surface area contributed by atoms with Gasteiger partial charge in [-0.1, -0.05) is 12.8 Å². The van der Waals surface area contributed by atoms with Crippen molar-refractivity contribution in [3.05, 3.63) is 11.5 Å². The van der Waals surface area contributed by atoms with Crippen LogP contribution in [0.1, 0.15) is 45.8 Å². The van der Waals surface area contributed by atoms with E-state index < -0.39 is 44.3 Å². The van der Waals surface area contributed by atoms with Gasteiger partial charge in [-0.05, 0) is 38.3 Å². The van der Waals surface area contributed by atoms with Crippen LogP contribution in [-0.2, 0) is 23.5 Å². The van der Waals surface area contributed by atoms with Crippen molar-refractivity contribution in [3.8, 4) is 0 Å². The van der Waals surface area contributed by atoms with E-state index in [1.165, 1.54) is 12.8 Å². The van der Waals surface area contributed by atoms with Gasteiger partial charge in [0.05, 0.1) is 18.2 Å². The number of hydrogen-bond acceptors (Lipinski definition) is 9. The summed E-state index contributed by atoms with van der Waals surface area (Å²) in [5, 5.41) is 8.77. The fraction of sp³-hybridized carbons (Fsp3) is 0.737. The summed E-state index contributed by atoms with van der Waals surface area (Å²) >= 11 is 6.25. The van der Waals surface area contributed by atoms with Crippen LogP contribution < -0.4 is 5.32 Å². The highest BCUT2D eigenvalue weighted by Crippen LogP contribution is 2.44. The van der Waals surface area contributed by atoms with Gasteiger partial charge in [-0.3, -0.25) is 4.57 Å². The van der Waals surface area contributed by atoms with Crippen molar-refractivity contribution in [1.29, 1.82) is 0 Å². The smallest absolute Gasteiger partial charge is 0.350 e. The third kappa shape index (κ3) is 4.89. The third-order valence-corrected chi connectivity index (χ3v) is 6.72. The Morgan fingerprint density at radius 2 is 2.00 bits per heavy atom. The third-order valence-electron chi connectivity index (χ3n) is 6.03. The van der Waals surface area contributed by atoms with Crippen molar-refractivity contribution in [2.75, 3.05) is 18.3 Å². The molecule has 3 aliphatic rings. The number of halogens is 1. The maximum atomic E-state index is 11.1. The standard InChI is InChI=1S/C19H27ClN5O7P/c1-19(2)31-13-12(8-29-9-33(26,27)28)30-17(14(13)32-19)25-16-11(7-21-25)15(23-18(20)24-16)22-10-5-3-4-6-10/h7,10,12-14,17H,3-6,8-9H2,1-2H3,(H,22,23,24)(H2,26,27,28)/t12-,13-,14-,17-/m1/s1. The lowest BCUT2D eigenvalue weighted by Gasteiger charge is -2.24. The molecule has 4 atom stereocenters. The zero-order valence-electron chi connectivity index (χ0n) is 18.3. The summed E-state index contributed by atoms with van der Waals surface area (Å²) in [7, 11) is -4.30. The minimum Gasteiger partial charge on any atom is -0.367 e. The Hall–Kier alpha value is -1.37. The molecule has 0 radical (unpaired) electrons. The van der Waals surface area contributed by atoms with Crippen molar-refractivity contribution >= 4 is 36.0 Å². The van der Waals surface area contributed by atoms with Gasteiger partial charge >= 0.3 is 7.60 Å². The molecule has 2 aromatic heterocycles. The summed E-state index contributed by atoms with van der Waals surface area (Å²) in [6.45, 7) is 3.51. The highest BCUT2D eigenvalue weighted by molar-refractivity contribution is 7.51. The molecule has 182 valence electrons. The summed E-state index contributed by atoms with van der Waals surface area (Å²) in [5.41, 5.74) is 0.490. The number of fused-ring (bicyclic) bond motifs is 2. The first-order valence-electron chi connectivity index (χ1n) is 10.9. The predicted molar refractivity (Wildman–Crippen MR) is 117 cm³/mol. The first kappa shape index (κ1) is 23.4.